The summed E-state index contributed by atoms with van der Waals surface area (Å²) < 4.78 is 5.06. The Kier molecular flexibility index (Phi) is 1.72. The number of hydrogen-bond acceptors (Lipinski definition) is 2. The summed E-state index contributed by atoms with van der Waals surface area (Å²) in [5, 5.41) is 2.80. The number of rotatable bonds is 1. The third-order valence-corrected chi connectivity index (χ3v) is 2.38. The molecule has 3 nitrogen and oxygen atoms in total. The molecule has 1 amide bonds. The number of ether oxygens (including phenoxy) is 1. The molecular formula is C10H11NO2. The lowest BCUT2D eigenvalue weighted by molar-refractivity contribution is -0.116. The summed E-state index contributed by atoms with van der Waals surface area (Å²) in [6, 6.07) is 5.64. The minimum Gasteiger partial charge on any atom is -0.497 e. The highest BCUT2D eigenvalue weighted by atomic mass is 16.5. The Morgan fingerprint density at radius 1 is 1.46 bits per heavy atom. The van der Waals surface area contributed by atoms with Gasteiger partial charge >= 0.3 is 0 Å². The van der Waals surface area contributed by atoms with E-state index in [0.29, 0.717) is 0 Å². The zero-order valence-electron chi connectivity index (χ0n) is 7.63. The largest absolute Gasteiger partial charge is 0.497 e. The van der Waals surface area contributed by atoms with E-state index in [1.807, 2.05) is 25.1 Å². The maximum Gasteiger partial charge on any atom is 0.231 e. The molecule has 68 valence electrons. The Morgan fingerprint density at radius 3 is 2.92 bits per heavy atom. The van der Waals surface area contributed by atoms with E-state index >= 15 is 0 Å². The molecule has 0 spiro atoms. The average molecular weight is 177 g/mol. The van der Waals surface area contributed by atoms with Crippen LogP contribution in [0.25, 0.3) is 0 Å². The van der Waals surface area contributed by atoms with Crippen LogP contribution in [0.4, 0.5) is 5.69 Å². The molecule has 0 fully saturated rings. The number of nitrogens with one attached hydrogen (secondary N) is 1. The van der Waals surface area contributed by atoms with Crippen molar-refractivity contribution in [1.82, 2.24) is 0 Å². The van der Waals surface area contributed by atoms with Gasteiger partial charge in [-0.25, -0.2) is 0 Å². The normalized spacial score (nSPS) is 19.5. The maximum absolute atomic E-state index is 11.3. The predicted molar refractivity (Wildman–Crippen MR) is 50.0 cm³/mol. The van der Waals surface area contributed by atoms with Gasteiger partial charge < -0.3 is 10.1 Å². The molecule has 1 aromatic carbocycles. The minimum absolute atomic E-state index is 0.0408. The van der Waals surface area contributed by atoms with Crippen LogP contribution < -0.4 is 10.1 Å². The van der Waals surface area contributed by atoms with Crippen molar-refractivity contribution in [3.63, 3.8) is 0 Å². The average Bonchev–Trinajstić information content (AvgIpc) is 2.42. The smallest absolute Gasteiger partial charge is 0.231 e. The summed E-state index contributed by atoms with van der Waals surface area (Å²) in [6.45, 7) is 1.90. The van der Waals surface area contributed by atoms with Crippen molar-refractivity contribution >= 4 is 11.6 Å². The quantitative estimate of drug-likeness (QED) is 0.709. The highest BCUT2D eigenvalue weighted by molar-refractivity contribution is 6.02. The van der Waals surface area contributed by atoms with Crippen LogP contribution in [0.3, 0.4) is 0 Å². The Balaban J connectivity index is 2.46. The molecule has 0 bridgehead atoms. The third-order valence-electron chi connectivity index (χ3n) is 2.38. The fourth-order valence-corrected chi connectivity index (χ4v) is 1.53. The van der Waals surface area contributed by atoms with E-state index in [9.17, 15) is 4.79 Å². The second-order valence-corrected chi connectivity index (χ2v) is 3.16. The first-order valence-corrected chi connectivity index (χ1v) is 4.21. The maximum atomic E-state index is 11.3. The third kappa shape index (κ3) is 1.16. The second-order valence-electron chi connectivity index (χ2n) is 3.16. The van der Waals surface area contributed by atoms with Gasteiger partial charge in [-0.3, -0.25) is 4.79 Å². The fourth-order valence-electron chi connectivity index (χ4n) is 1.53. The molecule has 0 saturated heterocycles. The van der Waals surface area contributed by atoms with E-state index < -0.39 is 0 Å². The number of anilines is 1. The predicted octanol–water partition coefficient (Wildman–Crippen LogP) is 1.75. The van der Waals surface area contributed by atoms with Crippen LogP contribution in [-0.2, 0) is 4.79 Å². The van der Waals surface area contributed by atoms with Crippen LogP contribution in [0.1, 0.15) is 18.4 Å². The van der Waals surface area contributed by atoms with Gasteiger partial charge in [0.25, 0.3) is 0 Å². The molecule has 1 heterocycles. The van der Waals surface area contributed by atoms with Crippen LogP contribution in [0.15, 0.2) is 18.2 Å². The Bertz CT molecular complexity index is 360. The molecule has 1 aromatic rings. The number of hydrogen-bond donors (Lipinski definition) is 1. The molecule has 2 rings (SSSR count). The molecule has 0 aliphatic carbocycles. The molecule has 0 saturated carbocycles. The van der Waals surface area contributed by atoms with Gasteiger partial charge in [-0.05, 0) is 18.6 Å². The lowest BCUT2D eigenvalue weighted by atomic mass is 10.0. The van der Waals surface area contributed by atoms with Crippen molar-refractivity contribution in [3.05, 3.63) is 23.8 Å². The summed E-state index contributed by atoms with van der Waals surface area (Å²) in [5.74, 6) is 0.789. The minimum atomic E-state index is -0.0408. The van der Waals surface area contributed by atoms with Gasteiger partial charge in [-0.1, -0.05) is 6.07 Å². The molecule has 0 aromatic heterocycles. The molecular weight excluding hydrogens is 166 g/mol. The summed E-state index contributed by atoms with van der Waals surface area (Å²) in [5.41, 5.74) is 1.92. The van der Waals surface area contributed by atoms with Crippen molar-refractivity contribution in [2.45, 2.75) is 12.8 Å². The van der Waals surface area contributed by atoms with Gasteiger partial charge in [0, 0.05) is 11.8 Å². The second kappa shape index (κ2) is 2.76. The van der Waals surface area contributed by atoms with Crippen molar-refractivity contribution in [2.24, 2.45) is 0 Å². The molecule has 1 atom stereocenters. The molecule has 13 heavy (non-hydrogen) atoms. The van der Waals surface area contributed by atoms with Crippen molar-refractivity contribution in [2.75, 3.05) is 12.4 Å². The number of benzene rings is 1. The topological polar surface area (TPSA) is 38.3 Å². The number of methoxy groups -OCH3 is 1. The van der Waals surface area contributed by atoms with Gasteiger partial charge in [0.2, 0.25) is 5.91 Å². The fraction of sp³-hybridized carbons (Fsp3) is 0.300. The van der Waals surface area contributed by atoms with Crippen LogP contribution in [0, 0.1) is 0 Å². The lowest BCUT2D eigenvalue weighted by Gasteiger charge is -2.03. The van der Waals surface area contributed by atoms with Crippen molar-refractivity contribution < 1.29 is 9.53 Å². The van der Waals surface area contributed by atoms with Crippen LogP contribution in [0.5, 0.6) is 5.75 Å². The lowest BCUT2D eigenvalue weighted by Crippen LogP contribution is -2.08. The van der Waals surface area contributed by atoms with Crippen molar-refractivity contribution in [3.8, 4) is 5.75 Å². The molecule has 0 radical (unpaired) electrons. The SMILES string of the molecule is COc1ccc2c(c1)NC(=O)[C@@H]2C. The van der Waals surface area contributed by atoms with Gasteiger partial charge in [0.1, 0.15) is 5.75 Å². The zero-order valence-corrected chi connectivity index (χ0v) is 7.63. The van der Waals surface area contributed by atoms with E-state index in [1.165, 1.54) is 0 Å². The number of carbonyl (C=O) groups is 1. The Labute approximate surface area is 76.7 Å². The van der Waals surface area contributed by atoms with E-state index in [2.05, 4.69) is 5.32 Å². The number of fused-ring (bicyclic) bond motifs is 1. The van der Waals surface area contributed by atoms with Crippen LogP contribution in [0.2, 0.25) is 0 Å². The standard InChI is InChI=1S/C10H11NO2/c1-6-8-4-3-7(13-2)5-9(8)11-10(6)12/h3-6H,1-2H3,(H,11,12)/t6-/m1/s1. The molecule has 1 N–H and O–H groups in total. The first-order valence-electron chi connectivity index (χ1n) is 4.21. The number of amides is 1. The van der Waals surface area contributed by atoms with Gasteiger partial charge in [0.15, 0.2) is 0 Å². The Hall–Kier alpha value is -1.51. The summed E-state index contributed by atoms with van der Waals surface area (Å²) in [7, 11) is 1.61. The first kappa shape index (κ1) is 8.10. The molecule has 1 aliphatic rings. The number of carbonyl (C=O) groups excluding carboxylic acids is 1. The monoisotopic (exact) mass is 177 g/mol. The van der Waals surface area contributed by atoms with E-state index in [4.69, 9.17) is 4.74 Å². The zero-order chi connectivity index (χ0) is 9.42. The van der Waals surface area contributed by atoms with Gasteiger partial charge in [-0.15, -0.1) is 0 Å². The van der Waals surface area contributed by atoms with Crippen molar-refractivity contribution in [1.29, 1.82) is 0 Å². The molecule has 0 unspecified atom stereocenters. The molecule has 3 heteroatoms. The van der Waals surface area contributed by atoms with Crippen LogP contribution in [-0.4, -0.2) is 13.0 Å². The van der Waals surface area contributed by atoms with Gasteiger partial charge in [0.05, 0.1) is 13.0 Å². The van der Waals surface area contributed by atoms with Crippen LogP contribution >= 0.6 is 0 Å². The van der Waals surface area contributed by atoms with E-state index in [0.717, 1.165) is 17.0 Å². The van der Waals surface area contributed by atoms with E-state index in [1.54, 1.807) is 7.11 Å². The first-order chi connectivity index (χ1) is 6.22. The Morgan fingerprint density at radius 2 is 2.23 bits per heavy atom. The highest BCUT2D eigenvalue weighted by Gasteiger charge is 2.26. The van der Waals surface area contributed by atoms with Gasteiger partial charge in [-0.2, -0.15) is 0 Å². The van der Waals surface area contributed by atoms with E-state index in [-0.39, 0.29) is 11.8 Å². The summed E-state index contributed by atoms with van der Waals surface area (Å²) in [6.07, 6.45) is 0. The molecule has 1 aliphatic heterocycles. The highest BCUT2D eigenvalue weighted by Crippen LogP contribution is 2.34. The summed E-state index contributed by atoms with van der Waals surface area (Å²) >= 11 is 0. The summed E-state index contributed by atoms with van der Waals surface area (Å²) in [4.78, 5) is 11.3.